The molecule has 0 bridgehead atoms. The minimum absolute atomic E-state index is 0.0354. The van der Waals surface area contributed by atoms with E-state index in [0.717, 1.165) is 12.1 Å². The van der Waals surface area contributed by atoms with Crippen molar-refractivity contribution in [3.8, 4) is 11.5 Å². The van der Waals surface area contributed by atoms with Crippen molar-refractivity contribution in [2.75, 3.05) is 6.61 Å². The number of nitrogens with one attached hydrogen (secondary N) is 2. The molecule has 6 nitrogen and oxygen atoms in total. The molecule has 9 heteroatoms. The summed E-state index contributed by atoms with van der Waals surface area (Å²) >= 11 is 0. The maximum Gasteiger partial charge on any atom is 0.416 e. The van der Waals surface area contributed by atoms with Gasteiger partial charge in [0, 0.05) is 0 Å². The predicted octanol–water partition coefficient (Wildman–Crippen LogP) is 2.24. The van der Waals surface area contributed by atoms with Gasteiger partial charge in [-0.15, -0.1) is 0 Å². The Kier molecular flexibility index (Phi) is 5.20. The second-order valence-corrected chi connectivity index (χ2v) is 5.78. The molecule has 2 aromatic carbocycles. The van der Waals surface area contributed by atoms with Crippen molar-refractivity contribution < 1.29 is 32.2 Å². The molecule has 1 aliphatic rings. The molecule has 0 saturated heterocycles. The molecule has 0 radical (unpaired) electrons. The Morgan fingerprint density at radius 1 is 1.04 bits per heavy atom. The van der Waals surface area contributed by atoms with Gasteiger partial charge in [-0.1, -0.05) is 30.3 Å². The lowest BCUT2D eigenvalue weighted by molar-refractivity contribution is -0.137. The Hall–Kier alpha value is -3.23. The van der Waals surface area contributed by atoms with Gasteiger partial charge in [0.25, 0.3) is 5.91 Å². The van der Waals surface area contributed by atoms with Crippen molar-refractivity contribution in [3.05, 3.63) is 59.7 Å². The van der Waals surface area contributed by atoms with Crippen LogP contribution in [0.5, 0.6) is 11.5 Å². The number of benzene rings is 2. The third kappa shape index (κ3) is 4.69. The van der Waals surface area contributed by atoms with Gasteiger partial charge in [-0.05, 0) is 23.8 Å². The first-order valence-corrected chi connectivity index (χ1v) is 7.96. The van der Waals surface area contributed by atoms with Crippen molar-refractivity contribution in [3.63, 3.8) is 0 Å². The summed E-state index contributed by atoms with van der Waals surface area (Å²) in [6.45, 7) is -0.0354. The van der Waals surface area contributed by atoms with E-state index < -0.39 is 29.7 Å². The topological polar surface area (TPSA) is 76.7 Å². The molecule has 0 aromatic heterocycles. The molecule has 0 aliphatic carbocycles. The smallest absolute Gasteiger partial charge is 0.416 e. The first kappa shape index (κ1) is 18.6. The molecule has 142 valence electrons. The normalized spacial score (nSPS) is 15.7. The monoisotopic (exact) mass is 380 g/mol. The van der Waals surface area contributed by atoms with Crippen LogP contribution in [0.1, 0.15) is 11.1 Å². The Labute approximate surface area is 152 Å². The van der Waals surface area contributed by atoms with E-state index in [1.165, 1.54) is 12.1 Å². The Bertz CT molecular complexity index is 854. The number of carbonyl (C=O) groups excluding carboxylic acids is 2. The molecule has 0 spiro atoms. The molecule has 1 atom stereocenters. The van der Waals surface area contributed by atoms with Gasteiger partial charge in [-0.2, -0.15) is 13.2 Å². The Morgan fingerprint density at radius 2 is 1.78 bits per heavy atom. The van der Waals surface area contributed by atoms with Gasteiger partial charge in [0.05, 0.1) is 12.0 Å². The van der Waals surface area contributed by atoms with Crippen molar-refractivity contribution in [1.82, 2.24) is 10.9 Å². The number of carbonyl (C=O) groups is 2. The molecule has 0 saturated carbocycles. The molecule has 2 amide bonds. The van der Waals surface area contributed by atoms with Crippen molar-refractivity contribution in [2.45, 2.75) is 18.7 Å². The number of hydrogen-bond donors (Lipinski definition) is 2. The van der Waals surface area contributed by atoms with E-state index in [4.69, 9.17) is 9.47 Å². The van der Waals surface area contributed by atoms with Crippen molar-refractivity contribution in [1.29, 1.82) is 0 Å². The van der Waals surface area contributed by atoms with Gasteiger partial charge >= 0.3 is 6.18 Å². The molecule has 2 aromatic rings. The number of fused-ring (bicyclic) bond motifs is 1. The van der Waals surface area contributed by atoms with Gasteiger partial charge in [-0.25, -0.2) is 0 Å². The number of ether oxygens (including phenoxy) is 2. The summed E-state index contributed by atoms with van der Waals surface area (Å²) in [5.41, 5.74) is 3.66. The summed E-state index contributed by atoms with van der Waals surface area (Å²) in [6.07, 6.45) is -5.78. The van der Waals surface area contributed by atoms with Crippen LogP contribution >= 0.6 is 0 Å². The van der Waals surface area contributed by atoms with Gasteiger partial charge in [0.1, 0.15) is 6.61 Å². The highest BCUT2D eigenvalue weighted by Crippen LogP contribution is 2.31. The highest BCUT2D eigenvalue weighted by atomic mass is 19.4. The second-order valence-electron chi connectivity index (χ2n) is 5.78. The van der Waals surface area contributed by atoms with E-state index in [2.05, 4.69) is 10.9 Å². The zero-order valence-electron chi connectivity index (χ0n) is 13.9. The largest absolute Gasteiger partial charge is 0.485 e. The lowest BCUT2D eigenvalue weighted by Gasteiger charge is -2.25. The quantitative estimate of drug-likeness (QED) is 0.801. The molecule has 0 unspecified atom stereocenters. The van der Waals surface area contributed by atoms with E-state index in [1.807, 2.05) is 0 Å². The van der Waals surface area contributed by atoms with E-state index in [9.17, 15) is 22.8 Å². The zero-order chi connectivity index (χ0) is 19.4. The Balaban J connectivity index is 1.52. The van der Waals surface area contributed by atoms with Crippen LogP contribution in [-0.4, -0.2) is 24.5 Å². The number of amides is 2. The summed E-state index contributed by atoms with van der Waals surface area (Å²) in [6, 6.07) is 11.2. The maximum absolute atomic E-state index is 12.7. The standard InChI is InChI=1S/C18H15F3N2O4/c19-18(20,21)12-5-3-4-11(8-12)9-16(24)22-23-17(25)15-10-26-13-6-1-2-7-14(13)27-15/h1-8,15H,9-10H2,(H,22,24)(H,23,25)/t15-/m1/s1. The highest BCUT2D eigenvalue weighted by Gasteiger charge is 2.30. The van der Waals surface area contributed by atoms with Crippen LogP contribution < -0.4 is 20.3 Å². The summed E-state index contributed by atoms with van der Waals surface area (Å²) in [5.74, 6) is -0.393. The van der Waals surface area contributed by atoms with E-state index in [0.29, 0.717) is 11.5 Å². The molecule has 2 N–H and O–H groups in total. The van der Waals surface area contributed by atoms with Crippen molar-refractivity contribution >= 4 is 11.8 Å². The van der Waals surface area contributed by atoms with Gasteiger partial charge in [-0.3, -0.25) is 20.4 Å². The lowest BCUT2D eigenvalue weighted by atomic mass is 10.1. The first-order chi connectivity index (χ1) is 12.8. The Morgan fingerprint density at radius 3 is 2.52 bits per heavy atom. The first-order valence-electron chi connectivity index (χ1n) is 7.96. The molecule has 1 aliphatic heterocycles. The third-order valence-electron chi connectivity index (χ3n) is 3.75. The maximum atomic E-state index is 12.7. The molecular formula is C18H15F3N2O4. The SMILES string of the molecule is O=C(Cc1cccc(C(F)(F)F)c1)NNC(=O)[C@H]1COc2ccccc2O1. The molecular weight excluding hydrogens is 365 g/mol. The van der Waals surface area contributed by atoms with Gasteiger partial charge in [0.2, 0.25) is 12.0 Å². The average Bonchev–Trinajstić information content (AvgIpc) is 2.65. The summed E-state index contributed by atoms with van der Waals surface area (Å²) in [7, 11) is 0. The van der Waals surface area contributed by atoms with Crippen LogP contribution in [0.3, 0.4) is 0 Å². The summed E-state index contributed by atoms with van der Waals surface area (Å²) in [4.78, 5) is 24.0. The van der Waals surface area contributed by atoms with Crippen molar-refractivity contribution in [2.24, 2.45) is 0 Å². The lowest BCUT2D eigenvalue weighted by Crippen LogP contribution is -2.51. The molecule has 0 fully saturated rings. The fourth-order valence-corrected chi connectivity index (χ4v) is 2.45. The minimum Gasteiger partial charge on any atom is -0.485 e. The number of para-hydroxylation sites is 2. The molecule has 1 heterocycles. The predicted molar refractivity (Wildman–Crippen MR) is 87.8 cm³/mol. The fraction of sp³-hybridized carbons (Fsp3) is 0.222. The zero-order valence-corrected chi connectivity index (χ0v) is 13.9. The van der Waals surface area contributed by atoms with Crippen LogP contribution in [0.4, 0.5) is 13.2 Å². The fourth-order valence-electron chi connectivity index (χ4n) is 2.45. The molecule has 27 heavy (non-hydrogen) atoms. The summed E-state index contributed by atoms with van der Waals surface area (Å²) in [5, 5.41) is 0. The van der Waals surface area contributed by atoms with Crippen LogP contribution in [-0.2, 0) is 22.2 Å². The number of rotatable bonds is 3. The summed E-state index contributed by atoms with van der Waals surface area (Å²) < 4.78 is 48.9. The molecule has 3 rings (SSSR count). The number of alkyl halides is 3. The van der Waals surface area contributed by atoms with E-state index in [-0.39, 0.29) is 18.6 Å². The number of hydrazine groups is 1. The third-order valence-corrected chi connectivity index (χ3v) is 3.75. The van der Waals surface area contributed by atoms with E-state index in [1.54, 1.807) is 24.3 Å². The van der Waals surface area contributed by atoms with Gasteiger partial charge < -0.3 is 9.47 Å². The average molecular weight is 380 g/mol. The minimum atomic E-state index is -4.49. The number of hydrogen-bond acceptors (Lipinski definition) is 4. The van der Waals surface area contributed by atoms with Crippen LogP contribution in [0, 0.1) is 0 Å². The number of halogens is 3. The van der Waals surface area contributed by atoms with Crippen LogP contribution in [0.15, 0.2) is 48.5 Å². The van der Waals surface area contributed by atoms with Crippen LogP contribution in [0.2, 0.25) is 0 Å². The van der Waals surface area contributed by atoms with E-state index >= 15 is 0 Å². The second kappa shape index (κ2) is 7.56. The van der Waals surface area contributed by atoms with Gasteiger partial charge in [0.15, 0.2) is 11.5 Å². The van der Waals surface area contributed by atoms with Crippen LogP contribution in [0.25, 0.3) is 0 Å². The highest BCUT2D eigenvalue weighted by molar-refractivity contribution is 5.86.